The summed E-state index contributed by atoms with van der Waals surface area (Å²) in [5.41, 5.74) is 0.707. The van der Waals surface area contributed by atoms with E-state index < -0.39 is 27.2 Å². The van der Waals surface area contributed by atoms with Crippen LogP contribution >= 0.6 is 0 Å². The number of hydrogen-bond acceptors (Lipinski definition) is 8. The zero-order chi connectivity index (χ0) is 17.6. The molecule has 0 spiro atoms. The van der Waals surface area contributed by atoms with Crippen molar-refractivity contribution in [1.29, 1.82) is 0 Å². The highest BCUT2D eigenvalue weighted by Crippen LogP contribution is 2.26. The van der Waals surface area contributed by atoms with Crippen LogP contribution in [0.1, 0.15) is 18.8 Å². The van der Waals surface area contributed by atoms with Crippen LogP contribution in [-0.2, 0) is 43.5 Å². The van der Waals surface area contributed by atoms with Gasteiger partial charge in [0.2, 0.25) is 0 Å². The Hall–Kier alpha value is -1.04. The third kappa shape index (κ3) is 5.50. The number of sulfonamides is 1. The Kier molecular flexibility index (Phi) is 7.14. The fraction of sp³-hybridized carbons (Fsp3) is 0.571. The molecule has 1 fully saturated rings. The van der Waals surface area contributed by atoms with Gasteiger partial charge in [-0.1, -0.05) is 19.1 Å². The largest absolute Gasteiger partial charge is 0.435 e. The molecule has 1 aromatic rings. The van der Waals surface area contributed by atoms with Crippen molar-refractivity contribution >= 4 is 20.9 Å². The van der Waals surface area contributed by atoms with Gasteiger partial charge in [-0.25, -0.2) is 8.42 Å². The molecule has 0 saturated carbocycles. The molecule has 136 valence electrons. The van der Waals surface area contributed by atoms with E-state index in [1.807, 2.05) is 6.92 Å². The molecule has 0 atom stereocenters. The quantitative estimate of drug-likeness (QED) is 0.526. The topological polar surface area (TPSA) is 100 Å². The summed E-state index contributed by atoms with van der Waals surface area (Å²) in [6.07, 6.45) is -0.513. The molecule has 0 amide bonds. The van der Waals surface area contributed by atoms with Gasteiger partial charge in [-0.2, -0.15) is 0 Å². The lowest BCUT2D eigenvalue weighted by molar-refractivity contribution is -0.202. The maximum Gasteiger partial charge on any atom is 0.262 e. The molecule has 1 saturated heterocycles. The van der Waals surface area contributed by atoms with E-state index in [1.165, 1.54) is 19.2 Å². The van der Waals surface area contributed by atoms with E-state index >= 15 is 0 Å². The Morgan fingerprint density at radius 2 is 1.83 bits per heavy atom. The number of rotatable bonds is 7. The molecule has 2 rings (SSSR count). The number of ether oxygens (including phenoxy) is 3. The van der Waals surface area contributed by atoms with Gasteiger partial charge in [0, 0.05) is 25.2 Å². The highest BCUT2D eigenvalue weighted by atomic mass is 32.3. The van der Waals surface area contributed by atoms with Crippen LogP contribution in [0.2, 0.25) is 0 Å². The van der Waals surface area contributed by atoms with E-state index in [2.05, 4.69) is 3.77 Å². The summed E-state index contributed by atoms with van der Waals surface area (Å²) in [5, 5.41) is 0. The van der Waals surface area contributed by atoms with Crippen molar-refractivity contribution < 1.29 is 31.0 Å². The van der Waals surface area contributed by atoms with Crippen LogP contribution in [0.3, 0.4) is 0 Å². The molecule has 24 heavy (non-hydrogen) atoms. The van der Waals surface area contributed by atoms with Crippen molar-refractivity contribution in [3.63, 3.8) is 0 Å². The highest BCUT2D eigenvalue weighted by molar-refractivity contribution is 7.95. The standard InChI is InChI=1S/C14H20NO7S2/c1-11-9-20-14(21-10-11)12-3-5-13(6-4-12)24(17,18)15-23(16)22-8-7-19-2/h3-6,11,14H,7-10H2,1-2H3/q-1. The Morgan fingerprint density at radius 1 is 1.21 bits per heavy atom. The van der Waals surface area contributed by atoms with Crippen LogP contribution in [0.4, 0.5) is 0 Å². The van der Waals surface area contributed by atoms with Gasteiger partial charge >= 0.3 is 0 Å². The molecule has 1 aliphatic heterocycles. The molecule has 0 bridgehead atoms. The average Bonchev–Trinajstić information content (AvgIpc) is 2.55. The first-order chi connectivity index (χ1) is 11.4. The number of hydrogen-bond donors (Lipinski definition) is 0. The lowest BCUT2D eigenvalue weighted by Gasteiger charge is -2.27. The van der Waals surface area contributed by atoms with Gasteiger partial charge in [-0.05, 0) is 23.0 Å². The Bertz CT molecular complexity index is 703. The molecule has 0 radical (unpaired) electrons. The van der Waals surface area contributed by atoms with Gasteiger partial charge in [0.15, 0.2) is 6.29 Å². The van der Waals surface area contributed by atoms with E-state index in [-0.39, 0.29) is 18.1 Å². The first kappa shape index (κ1) is 19.3. The van der Waals surface area contributed by atoms with E-state index in [9.17, 15) is 12.6 Å². The van der Waals surface area contributed by atoms with E-state index in [0.717, 1.165) is 0 Å². The van der Waals surface area contributed by atoms with Gasteiger partial charge in [0.05, 0.1) is 24.7 Å². The highest BCUT2D eigenvalue weighted by Gasteiger charge is 2.21. The lowest BCUT2D eigenvalue weighted by atomic mass is 10.1. The third-order valence-electron chi connectivity index (χ3n) is 3.14. The molecule has 8 nitrogen and oxygen atoms in total. The summed E-state index contributed by atoms with van der Waals surface area (Å²) in [6, 6.07) is 5.89. The van der Waals surface area contributed by atoms with Gasteiger partial charge in [0.1, 0.15) is 0 Å². The third-order valence-corrected chi connectivity index (χ3v) is 5.65. The molecule has 0 aromatic heterocycles. The Balaban J connectivity index is 2.06. The summed E-state index contributed by atoms with van der Waals surface area (Å²) < 4.78 is 59.4. The molecular formula is C14H20NO7S2-. The van der Waals surface area contributed by atoms with Crippen LogP contribution in [-0.4, -0.2) is 42.0 Å². The first-order valence-electron chi connectivity index (χ1n) is 7.27. The van der Waals surface area contributed by atoms with Crippen LogP contribution < -0.4 is 0 Å². The molecular weight excluding hydrogens is 358 g/mol. The van der Waals surface area contributed by atoms with E-state index in [0.29, 0.717) is 24.7 Å². The normalized spacial score (nSPS) is 23.2. The van der Waals surface area contributed by atoms with Crippen LogP contribution in [0.15, 0.2) is 32.9 Å². The van der Waals surface area contributed by atoms with Crippen LogP contribution in [0.25, 0.3) is 0 Å². The predicted octanol–water partition coefficient (Wildman–Crippen LogP) is 1.78. The van der Waals surface area contributed by atoms with Gasteiger partial charge in [-0.15, -0.1) is 0 Å². The number of methoxy groups -OCH3 is 1. The van der Waals surface area contributed by atoms with Crippen LogP contribution in [0, 0.1) is 5.92 Å². The molecule has 0 aliphatic carbocycles. The second kappa shape index (κ2) is 8.88. The molecule has 1 heterocycles. The van der Waals surface area contributed by atoms with Gasteiger partial charge in [0.25, 0.3) is 10.0 Å². The van der Waals surface area contributed by atoms with Gasteiger partial charge in [-0.3, -0.25) is 3.77 Å². The number of nitrogens with zero attached hydrogens (tertiary/aromatic N) is 1. The maximum absolute atomic E-state index is 12.1. The summed E-state index contributed by atoms with van der Waals surface area (Å²) in [6.45, 7) is 3.35. The zero-order valence-corrected chi connectivity index (χ0v) is 15.0. The molecule has 10 heteroatoms. The molecule has 1 aliphatic rings. The fourth-order valence-corrected chi connectivity index (χ4v) is 3.77. The van der Waals surface area contributed by atoms with Crippen LogP contribution in [0.5, 0.6) is 0 Å². The Labute approximate surface area is 143 Å². The van der Waals surface area contributed by atoms with Crippen molar-refractivity contribution in [1.82, 2.24) is 0 Å². The molecule has 0 N–H and O–H groups in total. The summed E-state index contributed by atoms with van der Waals surface area (Å²) in [7, 11) is -4.93. The van der Waals surface area contributed by atoms with E-state index in [4.69, 9.17) is 18.4 Å². The predicted molar refractivity (Wildman–Crippen MR) is 85.7 cm³/mol. The van der Waals surface area contributed by atoms with E-state index in [1.54, 1.807) is 12.1 Å². The maximum atomic E-state index is 12.1. The van der Waals surface area contributed by atoms with Crippen molar-refractivity contribution in [3.8, 4) is 0 Å². The monoisotopic (exact) mass is 378 g/mol. The van der Waals surface area contributed by atoms with Gasteiger partial charge < -0.3 is 22.6 Å². The summed E-state index contributed by atoms with van der Waals surface area (Å²) in [5.74, 6) is 0.327. The SMILES string of the molecule is COCCO/[S-](=O)=N/S(=O)(=O)c1ccc(C2OCC(C)CO2)cc1. The zero-order valence-electron chi connectivity index (χ0n) is 13.4. The molecule has 0 unspecified atom stereocenters. The summed E-state index contributed by atoms with van der Waals surface area (Å²) in [4.78, 5) is -0.0841. The minimum Gasteiger partial charge on any atom is -0.435 e. The average molecular weight is 378 g/mol. The second-order valence-corrected chi connectivity index (χ2v) is 7.94. The summed E-state index contributed by atoms with van der Waals surface area (Å²) >= 11 is 0. The minimum absolute atomic E-state index is 0.0180. The number of benzene rings is 1. The van der Waals surface area contributed by atoms with Crippen molar-refractivity contribution in [2.24, 2.45) is 9.69 Å². The smallest absolute Gasteiger partial charge is 0.262 e. The first-order valence-corrected chi connectivity index (χ1v) is 9.75. The fourth-order valence-electron chi connectivity index (χ4n) is 1.92. The minimum atomic E-state index is -4.08. The van der Waals surface area contributed by atoms with Crippen molar-refractivity contribution in [2.75, 3.05) is 33.5 Å². The second-order valence-electron chi connectivity index (χ2n) is 5.25. The van der Waals surface area contributed by atoms with Crippen molar-refractivity contribution in [2.45, 2.75) is 18.1 Å². The molecule has 1 aromatic carbocycles. The lowest BCUT2D eigenvalue weighted by Crippen LogP contribution is -2.24. The Morgan fingerprint density at radius 3 is 2.42 bits per heavy atom. The van der Waals surface area contributed by atoms with Crippen molar-refractivity contribution in [3.05, 3.63) is 29.8 Å².